The number of ether oxygens (including phenoxy) is 1. The van der Waals surface area contributed by atoms with Crippen LogP contribution in [0.1, 0.15) is 38.3 Å². The molecule has 2 rings (SSSR count). The molecule has 1 aromatic heterocycles. The van der Waals surface area contributed by atoms with E-state index in [1.165, 1.54) is 0 Å². The molecule has 118 valence electrons. The zero-order valence-electron chi connectivity index (χ0n) is 13.1. The summed E-state index contributed by atoms with van der Waals surface area (Å²) in [4.78, 5) is 12.1. The predicted molar refractivity (Wildman–Crippen MR) is 84.2 cm³/mol. The van der Waals surface area contributed by atoms with Crippen LogP contribution in [0.5, 0.6) is 0 Å². The van der Waals surface area contributed by atoms with E-state index in [-0.39, 0.29) is 11.9 Å². The second-order valence-electron chi connectivity index (χ2n) is 5.73. The molecule has 1 fully saturated rings. The first-order chi connectivity index (χ1) is 9.97. The molecule has 0 aromatic carbocycles. The topological polar surface area (TPSA) is 70.1 Å². The normalized spacial score (nSPS) is 25.2. The van der Waals surface area contributed by atoms with Crippen molar-refractivity contribution >= 4 is 17.7 Å². The molecule has 1 heterocycles. The maximum atomic E-state index is 12.1. The number of carbonyl (C=O) groups is 1. The van der Waals surface area contributed by atoms with Crippen molar-refractivity contribution in [2.75, 3.05) is 12.4 Å². The highest BCUT2D eigenvalue weighted by molar-refractivity contribution is 7.99. The number of carbonyl (C=O) groups excluding carboxylic acids is 1. The van der Waals surface area contributed by atoms with Crippen LogP contribution in [-0.4, -0.2) is 33.6 Å². The van der Waals surface area contributed by atoms with Gasteiger partial charge in [0.05, 0.1) is 17.3 Å². The number of aryl methyl sites for hydroxylation is 2. The summed E-state index contributed by atoms with van der Waals surface area (Å²) in [7, 11) is 1.96. The lowest BCUT2D eigenvalue weighted by molar-refractivity contribution is -0.151. The highest BCUT2D eigenvalue weighted by atomic mass is 32.2. The first-order valence-electron chi connectivity index (χ1n) is 7.57. The Hall–Kier alpha value is -1.01. The fraction of sp³-hybridized carbons (Fsp3) is 0.733. The highest BCUT2D eigenvalue weighted by Crippen LogP contribution is 2.38. The van der Waals surface area contributed by atoms with Crippen molar-refractivity contribution in [1.29, 1.82) is 0 Å². The highest BCUT2D eigenvalue weighted by Gasteiger charge is 2.46. The van der Waals surface area contributed by atoms with Gasteiger partial charge in [-0.15, -0.1) is 11.8 Å². The standard InChI is InChI=1S/C15H25N3O2S/c1-4-20-14(19)15(16)8-5-6-12(15)7-9-21-13-10-11(2)17-18(13)3/h10,12H,4-9,16H2,1-3H3. The Morgan fingerprint density at radius 2 is 2.43 bits per heavy atom. The van der Waals surface area contributed by atoms with Crippen molar-refractivity contribution in [2.24, 2.45) is 18.7 Å². The maximum Gasteiger partial charge on any atom is 0.326 e. The predicted octanol–water partition coefficient (Wildman–Crippen LogP) is 2.27. The van der Waals surface area contributed by atoms with Crippen LogP contribution in [0.15, 0.2) is 11.1 Å². The largest absolute Gasteiger partial charge is 0.465 e. The Bertz CT molecular complexity index is 503. The molecule has 0 radical (unpaired) electrons. The lowest BCUT2D eigenvalue weighted by atomic mass is 9.86. The van der Waals surface area contributed by atoms with Gasteiger partial charge in [0, 0.05) is 7.05 Å². The molecule has 0 bridgehead atoms. The van der Waals surface area contributed by atoms with Gasteiger partial charge in [-0.25, -0.2) is 0 Å². The van der Waals surface area contributed by atoms with Crippen LogP contribution in [0.2, 0.25) is 0 Å². The van der Waals surface area contributed by atoms with Gasteiger partial charge in [0.2, 0.25) is 0 Å². The number of nitrogens with zero attached hydrogens (tertiary/aromatic N) is 2. The average molecular weight is 311 g/mol. The molecule has 0 spiro atoms. The van der Waals surface area contributed by atoms with Gasteiger partial charge in [0.15, 0.2) is 0 Å². The van der Waals surface area contributed by atoms with Gasteiger partial charge in [-0.05, 0) is 50.8 Å². The van der Waals surface area contributed by atoms with Gasteiger partial charge in [-0.3, -0.25) is 9.48 Å². The van der Waals surface area contributed by atoms with E-state index in [1.807, 2.05) is 25.6 Å². The molecule has 2 N–H and O–H groups in total. The van der Waals surface area contributed by atoms with E-state index in [2.05, 4.69) is 11.2 Å². The molecule has 0 amide bonds. The Kier molecular flexibility index (Phi) is 5.32. The Balaban J connectivity index is 1.90. The lowest BCUT2D eigenvalue weighted by Gasteiger charge is -2.28. The summed E-state index contributed by atoms with van der Waals surface area (Å²) in [6.45, 7) is 4.21. The Morgan fingerprint density at radius 3 is 3.05 bits per heavy atom. The Morgan fingerprint density at radius 1 is 1.67 bits per heavy atom. The van der Waals surface area contributed by atoms with Crippen LogP contribution in [0.3, 0.4) is 0 Å². The van der Waals surface area contributed by atoms with Crippen LogP contribution in [0, 0.1) is 12.8 Å². The van der Waals surface area contributed by atoms with Crippen LogP contribution in [0.4, 0.5) is 0 Å². The van der Waals surface area contributed by atoms with Crippen molar-refractivity contribution in [3.63, 3.8) is 0 Å². The van der Waals surface area contributed by atoms with E-state index < -0.39 is 5.54 Å². The van der Waals surface area contributed by atoms with Crippen LogP contribution >= 0.6 is 11.8 Å². The van der Waals surface area contributed by atoms with Crippen molar-refractivity contribution in [1.82, 2.24) is 9.78 Å². The number of rotatable bonds is 6. The third kappa shape index (κ3) is 3.61. The van der Waals surface area contributed by atoms with E-state index in [1.54, 1.807) is 11.8 Å². The van der Waals surface area contributed by atoms with Crippen LogP contribution in [0.25, 0.3) is 0 Å². The third-order valence-corrected chi connectivity index (χ3v) is 5.32. The number of aromatic nitrogens is 2. The zero-order chi connectivity index (χ0) is 15.5. The van der Waals surface area contributed by atoms with Gasteiger partial charge in [0.25, 0.3) is 0 Å². The van der Waals surface area contributed by atoms with E-state index in [0.29, 0.717) is 6.61 Å². The number of thioether (sulfide) groups is 1. The molecule has 2 unspecified atom stereocenters. The summed E-state index contributed by atoms with van der Waals surface area (Å²) in [5, 5.41) is 5.50. The SMILES string of the molecule is CCOC(=O)C1(N)CCCC1CCSc1cc(C)nn1C. The molecular weight excluding hydrogens is 286 g/mol. The molecule has 0 aliphatic heterocycles. The molecule has 6 heteroatoms. The monoisotopic (exact) mass is 311 g/mol. The molecule has 1 aliphatic rings. The summed E-state index contributed by atoms with van der Waals surface area (Å²) >= 11 is 1.77. The van der Waals surface area contributed by atoms with Crippen LogP contribution < -0.4 is 5.73 Å². The summed E-state index contributed by atoms with van der Waals surface area (Å²) in [5.74, 6) is 0.939. The Labute approximate surface area is 130 Å². The fourth-order valence-corrected chi connectivity index (χ4v) is 4.16. The molecular formula is C15H25N3O2S. The van der Waals surface area contributed by atoms with Gasteiger partial charge in [0.1, 0.15) is 5.54 Å². The number of hydrogen-bond acceptors (Lipinski definition) is 5. The summed E-state index contributed by atoms with van der Waals surface area (Å²) in [5.41, 5.74) is 6.59. The second kappa shape index (κ2) is 6.83. The average Bonchev–Trinajstić information content (AvgIpc) is 2.95. The third-order valence-electron chi connectivity index (χ3n) is 4.20. The van der Waals surface area contributed by atoms with Crippen molar-refractivity contribution in [2.45, 2.75) is 50.1 Å². The molecule has 0 saturated heterocycles. The summed E-state index contributed by atoms with van der Waals surface area (Å²) in [6.07, 6.45) is 3.70. The van der Waals surface area contributed by atoms with Gasteiger partial charge in [-0.2, -0.15) is 5.10 Å². The summed E-state index contributed by atoms with van der Waals surface area (Å²) in [6, 6.07) is 2.08. The first kappa shape index (κ1) is 16.4. The molecule has 1 aromatic rings. The van der Waals surface area contributed by atoms with E-state index in [4.69, 9.17) is 10.5 Å². The second-order valence-corrected chi connectivity index (χ2v) is 6.85. The van der Waals surface area contributed by atoms with E-state index in [0.717, 1.165) is 42.2 Å². The number of hydrogen-bond donors (Lipinski definition) is 1. The van der Waals surface area contributed by atoms with Crippen molar-refractivity contribution in [3.8, 4) is 0 Å². The smallest absolute Gasteiger partial charge is 0.326 e. The molecule has 21 heavy (non-hydrogen) atoms. The van der Waals surface area contributed by atoms with Gasteiger partial charge < -0.3 is 10.5 Å². The number of nitrogens with two attached hydrogens (primary N) is 1. The van der Waals surface area contributed by atoms with Crippen molar-refractivity contribution in [3.05, 3.63) is 11.8 Å². The first-order valence-corrected chi connectivity index (χ1v) is 8.55. The maximum absolute atomic E-state index is 12.1. The van der Waals surface area contributed by atoms with Crippen molar-refractivity contribution < 1.29 is 9.53 Å². The minimum absolute atomic E-state index is 0.221. The van der Waals surface area contributed by atoms with Gasteiger partial charge >= 0.3 is 5.97 Å². The quantitative estimate of drug-likeness (QED) is 0.644. The van der Waals surface area contributed by atoms with Gasteiger partial charge in [-0.1, -0.05) is 6.42 Å². The minimum Gasteiger partial charge on any atom is -0.465 e. The lowest BCUT2D eigenvalue weighted by Crippen LogP contribution is -2.52. The zero-order valence-corrected chi connectivity index (χ0v) is 13.9. The molecule has 1 saturated carbocycles. The molecule has 2 atom stereocenters. The van der Waals surface area contributed by atoms with Crippen LogP contribution in [-0.2, 0) is 16.6 Å². The fourth-order valence-electron chi connectivity index (χ4n) is 3.07. The van der Waals surface area contributed by atoms with E-state index >= 15 is 0 Å². The molecule has 5 nitrogen and oxygen atoms in total. The van der Waals surface area contributed by atoms with E-state index in [9.17, 15) is 4.79 Å². The number of esters is 1. The molecule has 1 aliphatic carbocycles. The minimum atomic E-state index is -0.779. The summed E-state index contributed by atoms with van der Waals surface area (Å²) < 4.78 is 7.06.